The summed E-state index contributed by atoms with van der Waals surface area (Å²) in [6.45, 7) is 4.48. The molecule has 0 aromatic rings. The molecule has 1 rings (SSSR count). The average Bonchev–Trinajstić information content (AvgIpc) is 2.47. The fourth-order valence-electron chi connectivity index (χ4n) is 0.686. The number of rotatable bonds is 2. The molecule has 9 heavy (non-hydrogen) atoms. The van der Waals surface area contributed by atoms with E-state index in [1.165, 1.54) is 10.1 Å². The van der Waals surface area contributed by atoms with E-state index < -0.39 is 0 Å². The number of hydrogen-bond acceptors (Lipinski definition) is 1. The van der Waals surface area contributed by atoms with Gasteiger partial charge in [0.15, 0.2) is 0 Å². The van der Waals surface area contributed by atoms with Crippen LogP contribution in [-0.4, -0.2) is 7.56 Å². The molecule has 1 unspecified atom stereocenters. The lowest BCUT2D eigenvalue weighted by molar-refractivity contribution is 0.994. The highest BCUT2D eigenvalue weighted by molar-refractivity contribution is 14.2. The van der Waals surface area contributed by atoms with Crippen molar-refractivity contribution in [3.8, 4) is 0 Å². The summed E-state index contributed by atoms with van der Waals surface area (Å²) in [5, 5.41) is 0. The van der Waals surface area contributed by atoms with Gasteiger partial charge in [0.05, 0.1) is 0 Å². The largest absolute Gasteiger partial charge is 0.302 e. The summed E-state index contributed by atoms with van der Waals surface area (Å²) >= 11 is 0.268. The predicted molar refractivity (Wildman–Crippen MR) is 51.1 cm³/mol. The third-order valence-corrected chi connectivity index (χ3v) is 5.73. The molecule has 1 fully saturated rings. The molecular weight excluding hydrogens is 225 g/mol. The van der Waals surface area contributed by atoms with Crippen LogP contribution in [0.1, 0.15) is 26.7 Å². The minimum Gasteiger partial charge on any atom is -0.302 e. The van der Waals surface area contributed by atoms with E-state index in [2.05, 4.69) is 13.8 Å². The Morgan fingerprint density at radius 1 is 1.78 bits per heavy atom. The molecule has 0 aromatic heterocycles. The topological polar surface area (TPSA) is 26.0 Å². The second kappa shape index (κ2) is 3.10. The fraction of sp³-hybridized carbons (Fsp3) is 0.857. The molecule has 1 nitrogen and oxygen atoms in total. The van der Waals surface area contributed by atoms with Gasteiger partial charge in [0.1, 0.15) is 0 Å². The SMILES string of the molecule is CCC(N)=IC1C[C@H]1C. The number of nitrogens with two attached hydrogens (primary N) is 1. The molecule has 2 atom stereocenters. The smallest absolute Gasteiger partial charge is 0.0185 e. The van der Waals surface area contributed by atoms with Crippen molar-refractivity contribution in [2.45, 2.75) is 30.6 Å². The van der Waals surface area contributed by atoms with Crippen LogP contribution < -0.4 is 5.73 Å². The normalized spacial score (nSPS) is 35.7. The maximum atomic E-state index is 5.74. The maximum absolute atomic E-state index is 5.74. The summed E-state index contributed by atoms with van der Waals surface area (Å²) in [6, 6.07) is 0. The van der Waals surface area contributed by atoms with Gasteiger partial charge in [-0.3, -0.25) is 0 Å². The highest BCUT2D eigenvalue weighted by Gasteiger charge is 2.30. The summed E-state index contributed by atoms with van der Waals surface area (Å²) in [5.41, 5.74) is 5.74. The van der Waals surface area contributed by atoms with Gasteiger partial charge >= 0.3 is 0 Å². The summed E-state index contributed by atoms with van der Waals surface area (Å²) in [7, 11) is 0. The van der Waals surface area contributed by atoms with E-state index in [0.717, 1.165) is 16.3 Å². The van der Waals surface area contributed by atoms with Crippen LogP contribution in [0.4, 0.5) is 0 Å². The Morgan fingerprint density at radius 2 is 2.33 bits per heavy atom. The molecular formula is C7H14IN. The van der Waals surface area contributed by atoms with Crippen LogP contribution in [0.15, 0.2) is 0 Å². The van der Waals surface area contributed by atoms with Crippen LogP contribution in [0, 0.1) is 5.92 Å². The lowest BCUT2D eigenvalue weighted by Gasteiger charge is -1.90. The Morgan fingerprint density at radius 3 is 2.67 bits per heavy atom. The highest BCUT2D eigenvalue weighted by Crippen LogP contribution is 2.41. The molecule has 0 radical (unpaired) electrons. The van der Waals surface area contributed by atoms with Crippen molar-refractivity contribution in [1.82, 2.24) is 0 Å². The van der Waals surface area contributed by atoms with E-state index in [1.807, 2.05) is 0 Å². The average molecular weight is 239 g/mol. The Bertz CT molecular complexity index is 131. The third-order valence-electron chi connectivity index (χ3n) is 1.63. The van der Waals surface area contributed by atoms with Gasteiger partial charge in [-0.05, 0) is 18.8 Å². The molecule has 0 bridgehead atoms. The minimum absolute atomic E-state index is 0.268. The van der Waals surface area contributed by atoms with Gasteiger partial charge in [0.2, 0.25) is 0 Å². The third kappa shape index (κ3) is 2.34. The molecule has 2 N–H and O–H groups in total. The molecule has 0 saturated heterocycles. The van der Waals surface area contributed by atoms with Crippen LogP contribution in [0.3, 0.4) is 0 Å². The standard InChI is InChI=1S/C7H14IN/c1-3-7(9)8-6-4-5(6)2/h5-6H,3-4,9H2,1-2H3/t5-,6?/m1/s1. The zero-order valence-corrected chi connectivity index (χ0v) is 8.18. The van der Waals surface area contributed by atoms with E-state index in [1.54, 1.807) is 0 Å². The Kier molecular flexibility index (Phi) is 2.64. The first-order valence-corrected chi connectivity index (χ1v) is 5.81. The molecule has 2 heteroatoms. The summed E-state index contributed by atoms with van der Waals surface area (Å²) in [6.07, 6.45) is 2.56. The quantitative estimate of drug-likeness (QED) is 0.577. The predicted octanol–water partition coefficient (Wildman–Crippen LogP) is 1.86. The van der Waals surface area contributed by atoms with Crippen LogP contribution >= 0.6 is 20.7 Å². The van der Waals surface area contributed by atoms with Crippen LogP contribution in [-0.2, 0) is 0 Å². The monoisotopic (exact) mass is 239 g/mol. The summed E-state index contributed by atoms with van der Waals surface area (Å²) in [5.74, 6) is 1.00. The van der Waals surface area contributed by atoms with E-state index in [4.69, 9.17) is 5.73 Å². The van der Waals surface area contributed by atoms with Crippen molar-refractivity contribution in [2.75, 3.05) is 0 Å². The van der Waals surface area contributed by atoms with Gasteiger partial charge in [-0.25, -0.2) is 0 Å². The molecule has 0 spiro atoms. The second-order valence-corrected chi connectivity index (χ2v) is 6.25. The van der Waals surface area contributed by atoms with E-state index >= 15 is 0 Å². The molecule has 0 aliphatic heterocycles. The van der Waals surface area contributed by atoms with Gasteiger partial charge in [-0.15, -0.1) is 20.7 Å². The minimum atomic E-state index is 0.268. The Hall–Kier alpha value is 0.560. The van der Waals surface area contributed by atoms with Crippen molar-refractivity contribution in [3.63, 3.8) is 0 Å². The van der Waals surface area contributed by atoms with Crippen molar-refractivity contribution in [3.05, 3.63) is 0 Å². The number of alkyl halides is 1. The molecule has 1 aliphatic carbocycles. The number of halogens is 1. The van der Waals surface area contributed by atoms with Crippen molar-refractivity contribution >= 4 is 24.4 Å². The van der Waals surface area contributed by atoms with E-state index in [-0.39, 0.29) is 20.7 Å². The van der Waals surface area contributed by atoms with Crippen molar-refractivity contribution in [2.24, 2.45) is 11.7 Å². The van der Waals surface area contributed by atoms with Gasteiger partial charge in [0, 0.05) is 7.56 Å². The van der Waals surface area contributed by atoms with Crippen LogP contribution in [0.25, 0.3) is 0 Å². The highest BCUT2D eigenvalue weighted by atomic mass is 127. The second-order valence-electron chi connectivity index (χ2n) is 2.64. The first-order chi connectivity index (χ1) is 4.24. The zero-order chi connectivity index (χ0) is 6.85. The van der Waals surface area contributed by atoms with Crippen LogP contribution in [0.2, 0.25) is 0 Å². The van der Waals surface area contributed by atoms with Gasteiger partial charge < -0.3 is 5.73 Å². The van der Waals surface area contributed by atoms with E-state index in [0.29, 0.717) is 0 Å². The first-order valence-electron chi connectivity index (χ1n) is 3.48. The van der Waals surface area contributed by atoms with Crippen molar-refractivity contribution in [1.29, 1.82) is 0 Å². The summed E-state index contributed by atoms with van der Waals surface area (Å²) < 4.78 is 2.34. The molecule has 0 amide bonds. The summed E-state index contributed by atoms with van der Waals surface area (Å²) in [4.78, 5) is 0. The first kappa shape index (κ1) is 7.66. The number of hydrogen-bond donors (Lipinski definition) is 1. The van der Waals surface area contributed by atoms with Gasteiger partial charge in [-0.2, -0.15) is 0 Å². The van der Waals surface area contributed by atoms with Gasteiger partial charge in [0.25, 0.3) is 0 Å². The van der Waals surface area contributed by atoms with Gasteiger partial charge in [-0.1, -0.05) is 13.8 Å². The molecule has 54 valence electrons. The van der Waals surface area contributed by atoms with Crippen molar-refractivity contribution < 1.29 is 0 Å². The lowest BCUT2D eigenvalue weighted by Crippen LogP contribution is -2.06. The maximum Gasteiger partial charge on any atom is 0.0185 e. The molecule has 0 aromatic carbocycles. The fourth-order valence-corrected chi connectivity index (χ4v) is 3.82. The Labute approximate surface area is 66.8 Å². The van der Waals surface area contributed by atoms with E-state index in [9.17, 15) is 0 Å². The van der Waals surface area contributed by atoms with Crippen LogP contribution in [0.5, 0.6) is 0 Å². The molecule has 1 saturated carbocycles. The zero-order valence-electron chi connectivity index (χ0n) is 6.02. The Balaban J connectivity index is 2.31. The lowest BCUT2D eigenvalue weighted by atomic mass is 10.5. The molecule has 0 heterocycles. The molecule has 1 aliphatic rings.